The highest BCUT2D eigenvalue weighted by atomic mass is 16.2. The third-order valence-corrected chi connectivity index (χ3v) is 4.68. The normalized spacial score (nSPS) is 17.6. The van der Waals surface area contributed by atoms with E-state index in [0.29, 0.717) is 18.9 Å². The van der Waals surface area contributed by atoms with Gasteiger partial charge in [0.05, 0.1) is 5.69 Å². The van der Waals surface area contributed by atoms with E-state index in [1.165, 1.54) is 10.9 Å². The molecule has 1 amide bonds. The number of fused-ring (bicyclic) bond motifs is 1. The summed E-state index contributed by atoms with van der Waals surface area (Å²) in [7, 11) is 0. The lowest BCUT2D eigenvalue weighted by Crippen LogP contribution is -2.41. The van der Waals surface area contributed by atoms with Gasteiger partial charge >= 0.3 is 0 Å². The topological polar surface area (TPSA) is 96.8 Å². The number of nitrogens with zero attached hydrogens (tertiary/aromatic N) is 5. The van der Waals surface area contributed by atoms with Gasteiger partial charge in [0.15, 0.2) is 0 Å². The summed E-state index contributed by atoms with van der Waals surface area (Å²) in [4.78, 5) is 34.8. The molecule has 1 aromatic carbocycles. The van der Waals surface area contributed by atoms with Gasteiger partial charge in [-0.25, -0.2) is 4.98 Å². The summed E-state index contributed by atoms with van der Waals surface area (Å²) in [6.45, 7) is 3.15. The molecule has 4 rings (SSSR count). The Labute approximate surface area is 149 Å². The van der Waals surface area contributed by atoms with Gasteiger partial charge in [-0.1, -0.05) is 12.1 Å². The second kappa shape index (κ2) is 6.70. The average molecular weight is 352 g/mol. The van der Waals surface area contributed by atoms with Gasteiger partial charge in [0.2, 0.25) is 5.91 Å². The van der Waals surface area contributed by atoms with E-state index < -0.39 is 0 Å². The van der Waals surface area contributed by atoms with E-state index in [1.54, 1.807) is 6.92 Å². The van der Waals surface area contributed by atoms with Crippen molar-refractivity contribution in [1.82, 2.24) is 29.9 Å². The van der Waals surface area contributed by atoms with Crippen LogP contribution in [0.5, 0.6) is 0 Å². The molecule has 1 saturated heterocycles. The number of aromatic amines is 1. The van der Waals surface area contributed by atoms with Crippen molar-refractivity contribution in [2.75, 3.05) is 13.1 Å². The second-order valence-corrected chi connectivity index (χ2v) is 6.65. The van der Waals surface area contributed by atoms with Crippen molar-refractivity contribution < 1.29 is 4.79 Å². The molecule has 8 nitrogen and oxygen atoms in total. The minimum Gasteiger partial charge on any atom is -0.340 e. The van der Waals surface area contributed by atoms with Crippen LogP contribution >= 0.6 is 0 Å². The average Bonchev–Trinajstić information content (AvgIpc) is 3.03. The first-order valence-corrected chi connectivity index (χ1v) is 8.74. The Morgan fingerprint density at radius 1 is 1.27 bits per heavy atom. The van der Waals surface area contributed by atoms with E-state index in [4.69, 9.17) is 0 Å². The molecule has 1 atom stereocenters. The Hall–Kier alpha value is -3.03. The first kappa shape index (κ1) is 16.4. The first-order valence-electron chi connectivity index (χ1n) is 8.74. The number of carbonyl (C=O) groups excluding carboxylic acids is 1. The number of aromatic nitrogens is 5. The fourth-order valence-electron chi connectivity index (χ4n) is 3.45. The van der Waals surface area contributed by atoms with Gasteiger partial charge < -0.3 is 9.88 Å². The Kier molecular flexibility index (Phi) is 4.24. The quantitative estimate of drug-likeness (QED) is 0.765. The summed E-state index contributed by atoms with van der Waals surface area (Å²) in [6, 6.07) is 9.08. The molecule has 0 aliphatic carbocycles. The molecule has 1 aliphatic rings. The smallest absolute Gasteiger partial charge is 0.251 e. The lowest BCUT2D eigenvalue weighted by molar-refractivity contribution is -0.133. The van der Waals surface area contributed by atoms with Gasteiger partial charge in [0, 0.05) is 25.1 Å². The molecule has 0 bridgehead atoms. The van der Waals surface area contributed by atoms with E-state index in [0.717, 1.165) is 29.6 Å². The van der Waals surface area contributed by atoms with Gasteiger partial charge in [0.25, 0.3) is 5.56 Å². The lowest BCUT2D eigenvalue weighted by Gasteiger charge is -2.32. The summed E-state index contributed by atoms with van der Waals surface area (Å²) < 4.78 is 0. The molecule has 0 radical (unpaired) electrons. The van der Waals surface area contributed by atoms with Gasteiger partial charge in [-0.05, 0) is 31.9 Å². The van der Waals surface area contributed by atoms with Crippen LogP contribution < -0.4 is 5.56 Å². The number of aryl methyl sites for hydroxylation is 1. The molecule has 2 aromatic heterocycles. The Morgan fingerprint density at radius 2 is 2.00 bits per heavy atom. The lowest BCUT2D eigenvalue weighted by atomic mass is 9.94. The largest absolute Gasteiger partial charge is 0.340 e. The van der Waals surface area contributed by atoms with Crippen molar-refractivity contribution in [1.29, 1.82) is 0 Å². The number of carbonyl (C=O) groups is 1. The second-order valence-electron chi connectivity index (χ2n) is 6.65. The number of H-pyrrole nitrogens is 1. The number of hydrogen-bond acceptors (Lipinski definition) is 5. The molecular weight excluding hydrogens is 332 g/mol. The molecule has 1 fully saturated rings. The van der Waals surface area contributed by atoms with E-state index >= 15 is 0 Å². The number of likely N-dealkylation sites (tertiary alicyclic amines) is 1. The number of nitrogens with one attached hydrogen (secondary N) is 1. The standard InChI is InChI=1S/C18H20N6O2/c1-12-19-16(9-17(25)20-12)13-5-4-8-23(10-13)18(26)11-24-21-14-6-2-3-7-15(14)22-24/h2-3,6-7,9,13H,4-5,8,10-11H2,1H3,(H,19,20,25)/t13-/m1/s1. The Morgan fingerprint density at radius 3 is 2.69 bits per heavy atom. The zero-order valence-corrected chi connectivity index (χ0v) is 14.6. The van der Waals surface area contributed by atoms with Gasteiger partial charge in [-0.2, -0.15) is 15.0 Å². The summed E-state index contributed by atoms with van der Waals surface area (Å²) in [5, 5.41) is 8.70. The predicted octanol–water partition coefficient (Wildman–Crippen LogP) is 1.23. The zero-order chi connectivity index (χ0) is 18.1. The van der Waals surface area contributed by atoms with Crippen LogP contribution in [0.3, 0.4) is 0 Å². The molecule has 134 valence electrons. The fraction of sp³-hybridized carbons (Fsp3) is 0.389. The third kappa shape index (κ3) is 3.35. The third-order valence-electron chi connectivity index (χ3n) is 4.68. The Balaban J connectivity index is 1.48. The van der Waals surface area contributed by atoms with Crippen LogP contribution in [0.1, 0.15) is 30.3 Å². The first-order chi connectivity index (χ1) is 12.6. The van der Waals surface area contributed by atoms with Crippen LogP contribution in [0.25, 0.3) is 11.0 Å². The Bertz CT molecular complexity index is 975. The summed E-state index contributed by atoms with van der Waals surface area (Å²) in [5.74, 6) is 0.665. The number of hydrogen-bond donors (Lipinski definition) is 1. The number of rotatable bonds is 3. The molecule has 3 aromatic rings. The van der Waals surface area contributed by atoms with Crippen LogP contribution in [0.2, 0.25) is 0 Å². The monoisotopic (exact) mass is 352 g/mol. The molecule has 26 heavy (non-hydrogen) atoms. The SMILES string of the molecule is Cc1nc([C@@H]2CCCN(C(=O)Cn3nc4ccccc4n3)C2)cc(=O)[nH]1. The maximum atomic E-state index is 12.7. The van der Waals surface area contributed by atoms with E-state index in [-0.39, 0.29) is 23.9 Å². The van der Waals surface area contributed by atoms with E-state index in [2.05, 4.69) is 20.2 Å². The number of piperidine rings is 1. The molecular formula is C18H20N6O2. The highest BCUT2D eigenvalue weighted by Crippen LogP contribution is 2.25. The molecule has 1 aliphatic heterocycles. The van der Waals surface area contributed by atoms with Crippen LogP contribution in [-0.2, 0) is 11.3 Å². The maximum absolute atomic E-state index is 12.7. The van der Waals surface area contributed by atoms with Crippen molar-refractivity contribution in [2.45, 2.75) is 32.2 Å². The van der Waals surface area contributed by atoms with Crippen LogP contribution in [0.15, 0.2) is 35.1 Å². The summed E-state index contributed by atoms with van der Waals surface area (Å²) in [5.41, 5.74) is 2.16. The number of benzene rings is 1. The molecule has 0 saturated carbocycles. The predicted molar refractivity (Wildman–Crippen MR) is 95.7 cm³/mol. The minimum absolute atomic E-state index is 0.0171. The van der Waals surface area contributed by atoms with Crippen LogP contribution in [0, 0.1) is 6.92 Å². The van der Waals surface area contributed by atoms with Crippen LogP contribution in [0.4, 0.5) is 0 Å². The molecule has 3 heterocycles. The van der Waals surface area contributed by atoms with Gasteiger partial charge in [-0.3, -0.25) is 9.59 Å². The van der Waals surface area contributed by atoms with E-state index in [1.807, 2.05) is 29.2 Å². The van der Waals surface area contributed by atoms with Crippen molar-refractivity contribution in [3.05, 3.63) is 52.2 Å². The highest BCUT2D eigenvalue weighted by molar-refractivity contribution is 5.77. The van der Waals surface area contributed by atoms with E-state index in [9.17, 15) is 9.59 Å². The molecule has 1 N–H and O–H groups in total. The highest BCUT2D eigenvalue weighted by Gasteiger charge is 2.26. The van der Waals surface area contributed by atoms with Crippen molar-refractivity contribution in [3.8, 4) is 0 Å². The van der Waals surface area contributed by atoms with Crippen LogP contribution in [-0.4, -0.2) is 48.9 Å². The van der Waals surface area contributed by atoms with Crippen molar-refractivity contribution in [3.63, 3.8) is 0 Å². The zero-order valence-electron chi connectivity index (χ0n) is 14.6. The molecule has 8 heteroatoms. The fourth-order valence-corrected chi connectivity index (χ4v) is 3.45. The van der Waals surface area contributed by atoms with Gasteiger partial charge in [0.1, 0.15) is 23.4 Å². The number of amides is 1. The molecule has 0 unspecified atom stereocenters. The van der Waals surface area contributed by atoms with Crippen molar-refractivity contribution in [2.24, 2.45) is 0 Å². The maximum Gasteiger partial charge on any atom is 0.251 e. The summed E-state index contributed by atoms with van der Waals surface area (Å²) >= 11 is 0. The van der Waals surface area contributed by atoms with Crippen molar-refractivity contribution >= 4 is 16.9 Å². The minimum atomic E-state index is -0.150. The summed E-state index contributed by atoms with van der Waals surface area (Å²) in [6.07, 6.45) is 1.81. The molecule has 0 spiro atoms. The van der Waals surface area contributed by atoms with Gasteiger partial charge in [-0.15, -0.1) is 0 Å².